The van der Waals surface area contributed by atoms with E-state index in [2.05, 4.69) is 42.8 Å². The first kappa shape index (κ1) is 17.0. The van der Waals surface area contributed by atoms with Gasteiger partial charge >= 0.3 is 0 Å². The molecule has 1 fully saturated rings. The van der Waals surface area contributed by atoms with Gasteiger partial charge in [0, 0.05) is 18.6 Å². The lowest BCUT2D eigenvalue weighted by Gasteiger charge is -2.34. The molecule has 0 saturated carbocycles. The zero-order valence-electron chi connectivity index (χ0n) is 14.3. The third kappa shape index (κ3) is 5.15. The van der Waals surface area contributed by atoms with E-state index in [0.717, 1.165) is 18.7 Å². The first-order chi connectivity index (χ1) is 10.6. The Morgan fingerprint density at radius 1 is 1.36 bits per heavy atom. The summed E-state index contributed by atoms with van der Waals surface area (Å²) in [7, 11) is 1.74. The van der Waals surface area contributed by atoms with Crippen molar-refractivity contribution in [1.29, 1.82) is 0 Å². The summed E-state index contributed by atoms with van der Waals surface area (Å²) >= 11 is 0. The predicted octanol–water partition coefficient (Wildman–Crippen LogP) is 3.26. The number of benzene rings is 1. The minimum Gasteiger partial charge on any atom is -0.496 e. The highest BCUT2D eigenvalue weighted by molar-refractivity contribution is 5.33. The van der Waals surface area contributed by atoms with Crippen LogP contribution in [-0.2, 0) is 6.42 Å². The van der Waals surface area contributed by atoms with Crippen molar-refractivity contribution in [3.05, 3.63) is 42.0 Å². The maximum atomic E-state index is 5.44. The van der Waals surface area contributed by atoms with Gasteiger partial charge in [-0.25, -0.2) is 0 Å². The van der Waals surface area contributed by atoms with Crippen molar-refractivity contribution >= 4 is 0 Å². The Hall–Kier alpha value is -1.32. The lowest BCUT2D eigenvalue weighted by Crippen LogP contribution is -2.46. The van der Waals surface area contributed by atoms with Crippen LogP contribution in [-0.4, -0.2) is 43.7 Å². The van der Waals surface area contributed by atoms with E-state index in [1.54, 1.807) is 7.11 Å². The van der Waals surface area contributed by atoms with Crippen LogP contribution in [0, 0.1) is 0 Å². The van der Waals surface area contributed by atoms with E-state index in [1.165, 1.54) is 37.1 Å². The number of methoxy groups -OCH3 is 1. The molecular weight excluding hydrogens is 272 g/mol. The fourth-order valence-corrected chi connectivity index (χ4v) is 3.30. The molecule has 1 aliphatic heterocycles. The highest BCUT2D eigenvalue weighted by atomic mass is 16.5. The summed E-state index contributed by atoms with van der Waals surface area (Å²) in [6.07, 6.45) is 3.46. The van der Waals surface area contributed by atoms with Crippen LogP contribution in [0.25, 0.3) is 0 Å². The summed E-state index contributed by atoms with van der Waals surface area (Å²) < 4.78 is 5.44. The van der Waals surface area contributed by atoms with Gasteiger partial charge in [-0.3, -0.25) is 4.90 Å². The average Bonchev–Trinajstić information content (AvgIpc) is 2.49. The molecule has 3 nitrogen and oxygen atoms in total. The molecule has 22 heavy (non-hydrogen) atoms. The van der Waals surface area contributed by atoms with Gasteiger partial charge in [0.15, 0.2) is 0 Å². The van der Waals surface area contributed by atoms with E-state index in [1.807, 2.05) is 12.1 Å². The van der Waals surface area contributed by atoms with Crippen molar-refractivity contribution in [3.8, 4) is 5.75 Å². The normalized spacial score (nSPS) is 18.1. The first-order valence-electron chi connectivity index (χ1n) is 8.33. The Kier molecular flexibility index (Phi) is 6.47. The Labute approximate surface area is 135 Å². The van der Waals surface area contributed by atoms with Gasteiger partial charge in [0.05, 0.1) is 7.11 Å². The second-order valence-electron chi connectivity index (χ2n) is 6.59. The number of rotatable bonds is 7. The summed E-state index contributed by atoms with van der Waals surface area (Å²) in [5.41, 5.74) is 2.54. The number of nitrogens with one attached hydrogen (secondary N) is 1. The van der Waals surface area contributed by atoms with Crippen molar-refractivity contribution in [2.45, 2.75) is 45.2 Å². The van der Waals surface area contributed by atoms with E-state index in [0.29, 0.717) is 12.1 Å². The van der Waals surface area contributed by atoms with E-state index >= 15 is 0 Å². The monoisotopic (exact) mass is 302 g/mol. The molecule has 1 atom stereocenters. The number of nitrogens with zero attached hydrogens (tertiary/aromatic N) is 1. The molecule has 0 radical (unpaired) electrons. The molecule has 1 N–H and O–H groups in total. The lowest BCUT2D eigenvalue weighted by molar-refractivity contribution is 0.204. The lowest BCUT2D eigenvalue weighted by atomic mass is 10.0. The van der Waals surface area contributed by atoms with Crippen molar-refractivity contribution in [1.82, 2.24) is 10.2 Å². The van der Waals surface area contributed by atoms with Gasteiger partial charge in [-0.1, -0.05) is 30.4 Å². The molecule has 1 aromatic carbocycles. The molecule has 122 valence electrons. The molecular formula is C19H30N2O. The summed E-state index contributed by atoms with van der Waals surface area (Å²) in [6.45, 7) is 11.8. The Balaban J connectivity index is 1.78. The van der Waals surface area contributed by atoms with Crippen LogP contribution in [0.3, 0.4) is 0 Å². The van der Waals surface area contributed by atoms with Crippen LogP contribution < -0.4 is 10.1 Å². The van der Waals surface area contributed by atoms with Gasteiger partial charge < -0.3 is 10.1 Å². The van der Waals surface area contributed by atoms with Gasteiger partial charge in [0.1, 0.15) is 5.75 Å². The molecule has 0 aromatic heterocycles. The van der Waals surface area contributed by atoms with Crippen molar-refractivity contribution < 1.29 is 4.74 Å². The van der Waals surface area contributed by atoms with Crippen molar-refractivity contribution in [2.75, 3.05) is 26.7 Å². The van der Waals surface area contributed by atoms with Crippen LogP contribution in [0.4, 0.5) is 0 Å². The van der Waals surface area contributed by atoms with Crippen LogP contribution in [0.5, 0.6) is 5.75 Å². The Morgan fingerprint density at radius 3 is 2.68 bits per heavy atom. The summed E-state index contributed by atoms with van der Waals surface area (Å²) in [5, 5.41) is 3.79. The van der Waals surface area contributed by atoms with E-state index < -0.39 is 0 Å². The molecule has 1 aliphatic rings. The number of piperidine rings is 1. The molecule has 0 amide bonds. The van der Waals surface area contributed by atoms with Gasteiger partial charge in [0.2, 0.25) is 0 Å². The van der Waals surface area contributed by atoms with Crippen LogP contribution in [0.15, 0.2) is 36.4 Å². The molecule has 0 spiro atoms. The number of hydrogen-bond acceptors (Lipinski definition) is 3. The fourth-order valence-electron chi connectivity index (χ4n) is 3.30. The van der Waals surface area contributed by atoms with Crippen molar-refractivity contribution in [2.24, 2.45) is 0 Å². The second kappa shape index (κ2) is 8.35. The fraction of sp³-hybridized carbons (Fsp3) is 0.579. The topological polar surface area (TPSA) is 24.5 Å². The molecule has 1 heterocycles. The zero-order chi connectivity index (χ0) is 15.9. The second-order valence-corrected chi connectivity index (χ2v) is 6.59. The summed E-state index contributed by atoms with van der Waals surface area (Å²) in [5.74, 6) is 0.993. The molecule has 3 heteroatoms. The smallest absolute Gasteiger partial charge is 0.122 e. The number of ether oxygens (including phenoxy) is 1. The van der Waals surface area contributed by atoms with Crippen molar-refractivity contribution in [3.63, 3.8) is 0 Å². The molecule has 0 unspecified atom stereocenters. The third-order valence-electron chi connectivity index (χ3n) is 4.32. The Morgan fingerprint density at radius 2 is 2.05 bits per heavy atom. The van der Waals surface area contributed by atoms with Gasteiger partial charge in [-0.05, 0) is 57.8 Å². The van der Waals surface area contributed by atoms with Crippen LogP contribution in [0.1, 0.15) is 32.3 Å². The van der Waals surface area contributed by atoms with Gasteiger partial charge in [-0.2, -0.15) is 0 Å². The minimum absolute atomic E-state index is 0.467. The highest BCUT2D eigenvalue weighted by Crippen LogP contribution is 2.20. The zero-order valence-corrected chi connectivity index (χ0v) is 14.3. The minimum atomic E-state index is 0.467. The highest BCUT2D eigenvalue weighted by Gasteiger charge is 2.20. The quantitative estimate of drug-likeness (QED) is 0.783. The Bertz CT molecular complexity index is 478. The van der Waals surface area contributed by atoms with E-state index in [9.17, 15) is 0 Å². The van der Waals surface area contributed by atoms with Gasteiger partial charge in [-0.15, -0.1) is 0 Å². The molecule has 0 bridgehead atoms. The largest absolute Gasteiger partial charge is 0.496 e. The van der Waals surface area contributed by atoms with E-state index in [4.69, 9.17) is 4.74 Å². The maximum Gasteiger partial charge on any atom is 0.122 e. The summed E-state index contributed by atoms with van der Waals surface area (Å²) in [6, 6.07) is 9.41. The first-order valence-corrected chi connectivity index (χ1v) is 8.33. The van der Waals surface area contributed by atoms with Gasteiger partial charge in [0.25, 0.3) is 0 Å². The molecule has 2 rings (SSSR count). The predicted molar refractivity (Wildman–Crippen MR) is 93.6 cm³/mol. The standard InChI is InChI=1S/C19H30N2O/c1-15(2)14-21-11-9-18(10-12-21)20-16(3)13-17-7-5-6-8-19(17)22-4/h5-8,16,18,20H,1,9-14H2,2-4H3/t16-/m1/s1. The number of likely N-dealkylation sites (tertiary alicyclic amines) is 1. The molecule has 1 aromatic rings. The number of para-hydroxylation sites is 1. The SMILES string of the molecule is C=C(C)CN1CCC(N[C@H](C)Cc2ccccc2OC)CC1. The number of hydrogen-bond donors (Lipinski definition) is 1. The molecule has 1 saturated heterocycles. The summed E-state index contributed by atoms with van der Waals surface area (Å²) in [4.78, 5) is 2.51. The van der Waals surface area contributed by atoms with Crippen LogP contribution in [0.2, 0.25) is 0 Å². The maximum absolute atomic E-state index is 5.44. The molecule has 0 aliphatic carbocycles. The third-order valence-corrected chi connectivity index (χ3v) is 4.32. The average molecular weight is 302 g/mol. The van der Waals surface area contributed by atoms with E-state index in [-0.39, 0.29) is 0 Å². The van der Waals surface area contributed by atoms with Crippen LogP contribution >= 0.6 is 0 Å².